The van der Waals surface area contributed by atoms with E-state index < -0.39 is 44.5 Å². The summed E-state index contributed by atoms with van der Waals surface area (Å²) in [6, 6.07) is 1.62. The van der Waals surface area contributed by atoms with Crippen molar-refractivity contribution in [2.24, 2.45) is 0 Å². The van der Waals surface area contributed by atoms with Gasteiger partial charge in [-0.2, -0.15) is 13.2 Å². The standard InChI is InChI=1S/C13H17F3N2O3S/c1-8(17-22(21)12(2,3)4)9-5-10(13(14,15)16)7-11(6-9)18(19)20/h5-8,17H,1-4H3/t8-,22?/m0/s1. The molecule has 124 valence electrons. The van der Waals surface area contributed by atoms with Crippen LogP contribution in [0.5, 0.6) is 0 Å². The van der Waals surface area contributed by atoms with E-state index in [1.54, 1.807) is 20.8 Å². The Kier molecular flexibility index (Phi) is 5.47. The van der Waals surface area contributed by atoms with Gasteiger partial charge in [0.15, 0.2) is 0 Å². The summed E-state index contributed by atoms with van der Waals surface area (Å²) < 4.78 is 52.5. The molecule has 0 heterocycles. The third-order valence-corrected chi connectivity index (χ3v) is 4.50. The van der Waals surface area contributed by atoms with Crippen LogP contribution in [0.2, 0.25) is 0 Å². The first-order valence-electron chi connectivity index (χ1n) is 6.37. The van der Waals surface area contributed by atoms with E-state index in [9.17, 15) is 27.8 Å². The summed E-state index contributed by atoms with van der Waals surface area (Å²) in [7, 11) is 0. The predicted molar refractivity (Wildman–Crippen MR) is 77.5 cm³/mol. The summed E-state index contributed by atoms with van der Waals surface area (Å²) in [5.41, 5.74) is -1.70. The number of non-ortho nitro benzene ring substituents is 1. The molecule has 1 rings (SSSR count). The van der Waals surface area contributed by atoms with Crippen LogP contribution in [0.1, 0.15) is 44.9 Å². The fourth-order valence-electron chi connectivity index (χ4n) is 1.56. The zero-order valence-corrected chi connectivity index (χ0v) is 13.3. The van der Waals surface area contributed by atoms with Crippen molar-refractivity contribution in [3.63, 3.8) is 0 Å². The highest BCUT2D eigenvalue weighted by Crippen LogP contribution is 2.34. The van der Waals surface area contributed by atoms with Gasteiger partial charge in [0.05, 0.1) is 16.5 Å². The lowest BCUT2D eigenvalue weighted by molar-refractivity contribution is -0.385. The Morgan fingerprint density at radius 1 is 1.23 bits per heavy atom. The molecule has 0 aliphatic rings. The van der Waals surface area contributed by atoms with Gasteiger partial charge in [-0.1, -0.05) is 0 Å². The van der Waals surface area contributed by atoms with Crippen molar-refractivity contribution in [2.75, 3.05) is 0 Å². The average Bonchev–Trinajstić information content (AvgIpc) is 2.35. The van der Waals surface area contributed by atoms with Gasteiger partial charge in [0.25, 0.3) is 5.69 Å². The number of nitrogens with zero attached hydrogens (tertiary/aromatic N) is 1. The molecule has 0 fully saturated rings. The summed E-state index contributed by atoms with van der Waals surface area (Å²) in [6.45, 7) is 6.62. The molecule has 1 N–H and O–H groups in total. The van der Waals surface area contributed by atoms with E-state index in [1.807, 2.05) is 0 Å². The molecule has 0 spiro atoms. The minimum atomic E-state index is -4.69. The van der Waals surface area contributed by atoms with E-state index in [-0.39, 0.29) is 5.56 Å². The van der Waals surface area contributed by atoms with Crippen LogP contribution in [0.4, 0.5) is 18.9 Å². The molecular formula is C13H17F3N2O3S. The molecule has 2 atom stereocenters. The molecule has 0 aliphatic heterocycles. The Labute approximate surface area is 129 Å². The molecule has 1 aromatic rings. The second-order valence-corrected chi connectivity index (χ2v) is 7.79. The topological polar surface area (TPSA) is 78.2 Å². The summed E-state index contributed by atoms with van der Waals surface area (Å²) in [4.78, 5) is 9.91. The number of alkyl halides is 3. The van der Waals surface area contributed by atoms with Crippen molar-refractivity contribution in [3.8, 4) is 0 Å². The lowest BCUT2D eigenvalue weighted by Crippen LogP contribution is -2.40. The maximum atomic E-state index is 12.8. The van der Waals surface area contributed by atoms with E-state index in [1.165, 1.54) is 6.92 Å². The zero-order valence-electron chi connectivity index (χ0n) is 12.5. The normalized spacial score (nSPS) is 15.5. The summed E-state index contributed by atoms with van der Waals surface area (Å²) in [5, 5.41) is 10.8. The van der Waals surface area contributed by atoms with Gasteiger partial charge in [-0.05, 0) is 39.3 Å². The molecule has 1 aromatic carbocycles. The number of hydrogen-bond acceptors (Lipinski definition) is 4. The molecule has 0 bridgehead atoms. The minimum absolute atomic E-state index is 0.0547. The van der Waals surface area contributed by atoms with E-state index in [4.69, 9.17) is 0 Å². The first-order valence-corrected chi connectivity index (χ1v) is 7.52. The molecule has 0 saturated carbocycles. The van der Waals surface area contributed by atoms with Crippen molar-refractivity contribution in [2.45, 2.75) is 44.7 Å². The predicted octanol–water partition coefficient (Wildman–Crippen LogP) is 3.73. The first kappa shape index (κ1) is 18.7. The van der Waals surface area contributed by atoms with Gasteiger partial charge in [-0.3, -0.25) is 10.1 Å². The number of nitro groups is 1. The summed E-state index contributed by atoms with van der Waals surface area (Å²) >= 11 is -1.51. The maximum absolute atomic E-state index is 12.8. The van der Waals surface area contributed by atoms with E-state index in [0.29, 0.717) is 6.07 Å². The smallest absolute Gasteiger partial charge is 0.416 e. The van der Waals surface area contributed by atoms with Crippen molar-refractivity contribution in [1.29, 1.82) is 0 Å². The van der Waals surface area contributed by atoms with Crippen LogP contribution in [0.25, 0.3) is 0 Å². The second-order valence-electron chi connectivity index (χ2n) is 5.79. The molecule has 22 heavy (non-hydrogen) atoms. The fraction of sp³-hybridized carbons (Fsp3) is 0.538. The zero-order chi connectivity index (χ0) is 17.3. The van der Waals surface area contributed by atoms with Crippen LogP contribution >= 0.6 is 0 Å². The lowest BCUT2D eigenvalue weighted by atomic mass is 10.0. The van der Waals surface area contributed by atoms with Crippen LogP contribution in [-0.4, -0.2) is 14.2 Å². The van der Waals surface area contributed by atoms with E-state index >= 15 is 0 Å². The number of rotatable bonds is 4. The highest BCUT2D eigenvalue weighted by atomic mass is 32.2. The average molecular weight is 338 g/mol. The minimum Gasteiger partial charge on any atom is -0.598 e. The van der Waals surface area contributed by atoms with Crippen LogP contribution in [0, 0.1) is 10.1 Å². The Bertz CT molecular complexity index is 558. The monoisotopic (exact) mass is 338 g/mol. The highest BCUT2D eigenvalue weighted by Gasteiger charge is 2.34. The first-order chi connectivity index (χ1) is 9.82. The van der Waals surface area contributed by atoms with Crippen LogP contribution < -0.4 is 4.72 Å². The SMILES string of the molecule is C[C@H](N[S+]([O-])C(C)(C)C)c1cc([N+](=O)[O-])cc(C(F)(F)F)c1. The van der Waals surface area contributed by atoms with Gasteiger partial charge in [0.2, 0.25) is 0 Å². The van der Waals surface area contributed by atoms with E-state index in [0.717, 1.165) is 12.1 Å². The van der Waals surface area contributed by atoms with Gasteiger partial charge in [0.1, 0.15) is 4.75 Å². The third-order valence-electron chi connectivity index (χ3n) is 2.82. The van der Waals surface area contributed by atoms with Gasteiger partial charge >= 0.3 is 6.18 Å². The number of benzene rings is 1. The maximum Gasteiger partial charge on any atom is 0.416 e. The molecule has 0 radical (unpaired) electrons. The molecule has 9 heteroatoms. The molecule has 0 aliphatic carbocycles. The number of nitro benzene ring substituents is 1. The van der Waals surface area contributed by atoms with E-state index in [2.05, 4.69) is 4.72 Å². The quantitative estimate of drug-likeness (QED) is 0.515. The molecule has 1 unspecified atom stereocenters. The Balaban J connectivity index is 3.18. The van der Waals surface area contributed by atoms with Gasteiger partial charge in [0, 0.05) is 23.5 Å². The van der Waals surface area contributed by atoms with Crippen LogP contribution in [0.3, 0.4) is 0 Å². The highest BCUT2D eigenvalue weighted by molar-refractivity contribution is 7.90. The molecule has 0 amide bonds. The van der Waals surface area contributed by atoms with Gasteiger partial charge < -0.3 is 4.55 Å². The lowest BCUT2D eigenvalue weighted by Gasteiger charge is -2.26. The molecular weight excluding hydrogens is 321 g/mol. The van der Waals surface area contributed by atoms with Crippen molar-refractivity contribution in [1.82, 2.24) is 4.72 Å². The Hall–Kier alpha value is -1.32. The molecule has 0 aromatic heterocycles. The number of hydrogen-bond donors (Lipinski definition) is 1. The summed E-state index contributed by atoms with van der Waals surface area (Å²) in [6.07, 6.45) is -4.69. The van der Waals surface area contributed by atoms with Crippen molar-refractivity contribution >= 4 is 17.0 Å². The summed E-state index contributed by atoms with van der Waals surface area (Å²) in [5.74, 6) is 0. The Morgan fingerprint density at radius 3 is 2.18 bits per heavy atom. The van der Waals surface area contributed by atoms with Gasteiger partial charge in [-0.15, -0.1) is 4.72 Å². The molecule has 5 nitrogen and oxygen atoms in total. The van der Waals surface area contributed by atoms with Crippen molar-refractivity contribution < 1.29 is 22.6 Å². The number of halogens is 3. The Morgan fingerprint density at radius 2 is 1.77 bits per heavy atom. The second kappa shape index (κ2) is 6.43. The third kappa shape index (κ3) is 4.85. The number of nitrogens with one attached hydrogen (secondary N) is 1. The fourth-order valence-corrected chi connectivity index (χ4v) is 2.37. The largest absolute Gasteiger partial charge is 0.598 e. The van der Waals surface area contributed by atoms with Crippen LogP contribution in [-0.2, 0) is 17.5 Å². The van der Waals surface area contributed by atoms with Gasteiger partial charge in [-0.25, -0.2) is 0 Å². The molecule has 0 saturated heterocycles. The van der Waals surface area contributed by atoms with Crippen molar-refractivity contribution in [3.05, 3.63) is 39.4 Å². The van der Waals surface area contributed by atoms with Crippen LogP contribution in [0.15, 0.2) is 18.2 Å².